The van der Waals surface area contributed by atoms with Crippen LogP contribution in [-0.4, -0.2) is 34.7 Å². The molecule has 0 aliphatic heterocycles. The van der Waals surface area contributed by atoms with Gasteiger partial charge in [0.05, 0.1) is 12.8 Å². The third-order valence-corrected chi connectivity index (χ3v) is 5.02. The van der Waals surface area contributed by atoms with Gasteiger partial charge in [-0.3, -0.25) is 4.79 Å². The van der Waals surface area contributed by atoms with Crippen LogP contribution in [0.1, 0.15) is 34.1 Å². The maximum Gasteiger partial charge on any atom is 0.261 e. The van der Waals surface area contributed by atoms with Crippen molar-refractivity contribution in [2.45, 2.75) is 20.4 Å². The molecule has 0 N–H and O–H groups in total. The van der Waals surface area contributed by atoms with Gasteiger partial charge in [-0.25, -0.2) is 0 Å². The number of para-hydroxylation sites is 1. The first-order chi connectivity index (χ1) is 15.5. The fourth-order valence-corrected chi connectivity index (χ4v) is 3.60. The second-order valence-corrected chi connectivity index (χ2v) is 7.49. The smallest absolute Gasteiger partial charge is 0.261 e. The summed E-state index contributed by atoms with van der Waals surface area (Å²) in [4.78, 5) is 15.4. The maximum atomic E-state index is 13.7. The molecular formula is C27H29N3O2. The fraction of sp³-hybridized carbons (Fsp3) is 0.185. The van der Waals surface area contributed by atoms with E-state index in [-0.39, 0.29) is 5.91 Å². The van der Waals surface area contributed by atoms with Crippen molar-refractivity contribution in [3.8, 4) is 11.6 Å². The molecule has 0 spiro atoms. The van der Waals surface area contributed by atoms with E-state index in [9.17, 15) is 4.79 Å². The highest BCUT2D eigenvalue weighted by atomic mass is 16.5. The van der Waals surface area contributed by atoms with Crippen LogP contribution < -0.4 is 4.74 Å². The molecular weight excluding hydrogens is 398 g/mol. The zero-order chi connectivity index (χ0) is 23.1. The first-order valence-electron chi connectivity index (χ1n) is 10.5. The number of aryl methyl sites for hydroxylation is 1. The van der Waals surface area contributed by atoms with Gasteiger partial charge < -0.3 is 9.64 Å². The Bertz CT molecular complexity index is 1160. The van der Waals surface area contributed by atoms with Gasteiger partial charge in [0.2, 0.25) is 5.88 Å². The molecule has 0 aliphatic carbocycles. The Morgan fingerprint density at radius 3 is 2.56 bits per heavy atom. The van der Waals surface area contributed by atoms with E-state index >= 15 is 0 Å². The minimum absolute atomic E-state index is 0.167. The second-order valence-electron chi connectivity index (χ2n) is 7.49. The summed E-state index contributed by atoms with van der Waals surface area (Å²) < 4.78 is 7.40. The summed E-state index contributed by atoms with van der Waals surface area (Å²) in [6, 6.07) is 17.8. The van der Waals surface area contributed by atoms with Crippen LogP contribution in [0.25, 0.3) is 11.3 Å². The number of rotatable bonds is 8. The number of ether oxygens (including phenoxy) is 1. The predicted octanol–water partition coefficient (Wildman–Crippen LogP) is 5.61. The van der Waals surface area contributed by atoms with Crippen molar-refractivity contribution in [2.75, 3.05) is 14.2 Å². The highest BCUT2D eigenvalue weighted by Crippen LogP contribution is 2.32. The summed E-state index contributed by atoms with van der Waals surface area (Å²) in [5.74, 6) is 0.228. The summed E-state index contributed by atoms with van der Waals surface area (Å²) >= 11 is 0. The highest BCUT2D eigenvalue weighted by molar-refractivity contribution is 6.02. The first kappa shape index (κ1) is 22.8. The lowest BCUT2D eigenvalue weighted by Crippen LogP contribution is -2.27. The summed E-state index contributed by atoms with van der Waals surface area (Å²) in [5.41, 5.74) is 4.77. The predicted molar refractivity (Wildman–Crippen MR) is 130 cm³/mol. The molecule has 5 heteroatoms. The Labute approximate surface area is 189 Å². The van der Waals surface area contributed by atoms with Crippen LogP contribution in [0.4, 0.5) is 0 Å². The number of aromatic nitrogens is 2. The second kappa shape index (κ2) is 10.4. The zero-order valence-electron chi connectivity index (χ0n) is 19.1. The lowest BCUT2D eigenvalue weighted by atomic mass is 10.1. The molecule has 0 aliphatic rings. The number of nitrogens with zero attached hydrogens (tertiary/aromatic N) is 3. The quantitative estimate of drug-likeness (QED) is 0.439. The molecule has 0 saturated carbocycles. The molecule has 5 nitrogen and oxygen atoms in total. The van der Waals surface area contributed by atoms with Crippen LogP contribution in [0.3, 0.4) is 0 Å². The third-order valence-electron chi connectivity index (χ3n) is 5.02. The van der Waals surface area contributed by atoms with Gasteiger partial charge in [0.1, 0.15) is 11.3 Å². The Balaban J connectivity index is 2.15. The molecule has 164 valence electrons. The van der Waals surface area contributed by atoms with Gasteiger partial charge in [-0.05, 0) is 31.5 Å². The van der Waals surface area contributed by atoms with E-state index in [2.05, 4.69) is 12.6 Å². The Morgan fingerprint density at radius 1 is 1.19 bits per heavy atom. The van der Waals surface area contributed by atoms with E-state index < -0.39 is 0 Å². The lowest BCUT2D eigenvalue weighted by molar-refractivity contribution is 0.0781. The number of hydrogen-bond acceptors (Lipinski definition) is 3. The molecule has 0 saturated heterocycles. The Hall–Kier alpha value is -3.86. The summed E-state index contributed by atoms with van der Waals surface area (Å²) in [6.07, 6.45) is 7.35. The maximum absolute atomic E-state index is 13.7. The average molecular weight is 428 g/mol. The van der Waals surface area contributed by atoms with Gasteiger partial charge in [-0.1, -0.05) is 78.9 Å². The van der Waals surface area contributed by atoms with Crippen molar-refractivity contribution in [1.29, 1.82) is 0 Å². The van der Waals surface area contributed by atoms with E-state index in [1.165, 1.54) is 0 Å². The number of carbonyl (C=O) groups is 1. The molecule has 1 heterocycles. The Kier molecular flexibility index (Phi) is 7.45. The molecule has 0 unspecified atom stereocenters. The minimum Gasteiger partial charge on any atom is -0.480 e. The van der Waals surface area contributed by atoms with Crippen molar-refractivity contribution in [3.05, 3.63) is 108 Å². The molecule has 1 aromatic heterocycles. The molecule has 32 heavy (non-hydrogen) atoms. The van der Waals surface area contributed by atoms with Gasteiger partial charge in [0.15, 0.2) is 0 Å². The molecule has 0 fully saturated rings. The van der Waals surface area contributed by atoms with Crippen LogP contribution in [-0.2, 0) is 6.54 Å². The summed E-state index contributed by atoms with van der Waals surface area (Å²) in [7, 11) is 3.35. The van der Waals surface area contributed by atoms with E-state index in [0.29, 0.717) is 23.7 Å². The number of hydrogen-bond donors (Lipinski definition) is 0. The zero-order valence-corrected chi connectivity index (χ0v) is 19.1. The molecule has 0 atom stereocenters. The Morgan fingerprint density at radius 2 is 1.94 bits per heavy atom. The average Bonchev–Trinajstić information content (AvgIpc) is 3.18. The largest absolute Gasteiger partial charge is 0.480 e. The summed E-state index contributed by atoms with van der Waals surface area (Å²) in [5, 5.41) is 4.79. The SMILES string of the molecule is C=C/C=C(\C=C/C)c1nn(-c2ccccc2)c(OC)c1C(=O)N(C)Cc1cccc(C)c1. The van der Waals surface area contributed by atoms with Gasteiger partial charge in [0, 0.05) is 19.2 Å². The van der Waals surface area contributed by atoms with E-state index in [1.54, 1.807) is 29.8 Å². The monoisotopic (exact) mass is 427 g/mol. The van der Waals surface area contributed by atoms with E-state index in [0.717, 1.165) is 22.4 Å². The lowest BCUT2D eigenvalue weighted by Gasteiger charge is -2.18. The summed E-state index contributed by atoms with van der Waals surface area (Å²) in [6.45, 7) is 8.26. The van der Waals surface area contributed by atoms with Crippen LogP contribution in [0.5, 0.6) is 5.88 Å². The molecule has 3 rings (SSSR count). The molecule has 2 aromatic carbocycles. The molecule has 3 aromatic rings. The van der Waals surface area contributed by atoms with Crippen LogP contribution >= 0.6 is 0 Å². The van der Waals surface area contributed by atoms with E-state index in [1.807, 2.05) is 80.6 Å². The van der Waals surface area contributed by atoms with Gasteiger partial charge in [0.25, 0.3) is 5.91 Å². The van der Waals surface area contributed by atoms with Gasteiger partial charge in [-0.15, -0.1) is 0 Å². The van der Waals surface area contributed by atoms with Gasteiger partial charge in [-0.2, -0.15) is 9.78 Å². The molecule has 0 bridgehead atoms. The first-order valence-corrected chi connectivity index (χ1v) is 10.5. The van der Waals surface area contributed by atoms with Crippen molar-refractivity contribution >= 4 is 11.5 Å². The van der Waals surface area contributed by atoms with Crippen LogP contribution in [0.15, 0.2) is 85.5 Å². The number of amides is 1. The third kappa shape index (κ3) is 4.89. The number of carbonyl (C=O) groups excluding carboxylic acids is 1. The van der Waals surface area contributed by atoms with Crippen molar-refractivity contribution in [3.63, 3.8) is 0 Å². The topological polar surface area (TPSA) is 47.4 Å². The van der Waals surface area contributed by atoms with Crippen molar-refractivity contribution in [1.82, 2.24) is 14.7 Å². The van der Waals surface area contributed by atoms with Crippen LogP contribution in [0.2, 0.25) is 0 Å². The highest BCUT2D eigenvalue weighted by Gasteiger charge is 2.29. The number of allylic oxidation sites excluding steroid dienone is 5. The minimum atomic E-state index is -0.167. The fourth-order valence-electron chi connectivity index (χ4n) is 3.60. The van der Waals surface area contributed by atoms with Gasteiger partial charge >= 0.3 is 0 Å². The molecule has 1 amide bonds. The van der Waals surface area contributed by atoms with Crippen LogP contribution in [0, 0.1) is 6.92 Å². The normalized spacial score (nSPS) is 11.6. The standard InChI is InChI=1S/C27H29N3O2/c1-6-12-22(13-7-2)25-24(26(31)29(4)19-21-15-11-14-20(3)18-21)27(32-5)30(28-25)23-16-9-8-10-17-23/h6-18H,1,19H2,2-5H3/b13-7-,22-12+. The van der Waals surface area contributed by atoms with E-state index in [4.69, 9.17) is 9.84 Å². The number of methoxy groups -OCH3 is 1. The number of benzene rings is 2. The van der Waals surface area contributed by atoms with Crippen molar-refractivity contribution in [2.24, 2.45) is 0 Å². The van der Waals surface area contributed by atoms with Crippen molar-refractivity contribution < 1.29 is 9.53 Å². The molecule has 0 radical (unpaired) electrons.